The van der Waals surface area contributed by atoms with Gasteiger partial charge < -0.3 is 9.88 Å². The second-order valence-electron chi connectivity index (χ2n) is 5.33. The number of hydrogen-bond donors (Lipinski definition) is 1. The molecule has 0 bridgehead atoms. The van der Waals surface area contributed by atoms with Gasteiger partial charge in [-0.15, -0.1) is 0 Å². The van der Waals surface area contributed by atoms with Crippen molar-refractivity contribution in [2.75, 3.05) is 20.1 Å². The van der Waals surface area contributed by atoms with E-state index in [1.54, 1.807) is 0 Å². The molecule has 0 saturated carbocycles. The molecule has 1 fully saturated rings. The molecule has 1 aliphatic heterocycles. The van der Waals surface area contributed by atoms with Crippen LogP contribution in [0.15, 0.2) is 20.7 Å². The highest BCUT2D eigenvalue weighted by atomic mass is 32.2. The quantitative estimate of drug-likeness (QED) is 0.726. The minimum Gasteiger partial charge on any atom is -0.313 e. The van der Waals surface area contributed by atoms with Crippen LogP contribution in [-0.4, -0.2) is 48.0 Å². The van der Waals surface area contributed by atoms with Gasteiger partial charge in [-0.2, -0.15) is 4.31 Å². The maximum Gasteiger partial charge on any atom is 0.330 e. The number of aromatic nitrogens is 2. The number of aryl methyl sites for hydroxylation is 1. The van der Waals surface area contributed by atoms with Crippen LogP contribution in [-0.2, 0) is 24.1 Å². The number of likely N-dealkylation sites (N-methyl/N-ethyl adjacent to an activating group) is 1. The van der Waals surface area contributed by atoms with E-state index in [-0.39, 0.29) is 10.9 Å². The van der Waals surface area contributed by atoms with E-state index < -0.39 is 21.3 Å². The Morgan fingerprint density at radius 3 is 2.62 bits per heavy atom. The van der Waals surface area contributed by atoms with Gasteiger partial charge in [0.2, 0.25) is 10.0 Å². The molecule has 2 heterocycles. The van der Waals surface area contributed by atoms with Gasteiger partial charge in [0.05, 0.1) is 0 Å². The van der Waals surface area contributed by atoms with Gasteiger partial charge in [-0.1, -0.05) is 0 Å². The van der Waals surface area contributed by atoms with Crippen molar-refractivity contribution in [2.45, 2.75) is 23.8 Å². The minimum absolute atomic E-state index is 0.0983. The number of nitrogens with zero attached hydrogens (tertiary/aromatic N) is 3. The highest BCUT2D eigenvalue weighted by molar-refractivity contribution is 7.89. The van der Waals surface area contributed by atoms with Gasteiger partial charge in [0.1, 0.15) is 0 Å². The number of hydrogen-bond acceptors (Lipinski definition) is 5. The fourth-order valence-electron chi connectivity index (χ4n) is 2.44. The zero-order chi connectivity index (χ0) is 15.8. The van der Waals surface area contributed by atoms with E-state index in [0.717, 1.165) is 39.0 Å². The summed E-state index contributed by atoms with van der Waals surface area (Å²) in [7, 11) is 0.208. The summed E-state index contributed by atoms with van der Waals surface area (Å²) in [6.45, 7) is 1.18. The van der Waals surface area contributed by atoms with Gasteiger partial charge in [0, 0.05) is 39.9 Å². The molecular formula is C12H20N4O4S. The molecular weight excluding hydrogens is 296 g/mol. The Kier molecular flexibility index (Phi) is 4.35. The molecule has 21 heavy (non-hydrogen) atoms. The second-order valence-corrected chi connectivity index (χ2v) is 7.34. The maximum absolute atomic E-state index is 12.5. The number of nitrogens with one attached hydrogen (secondary N) is 1. The Hall–Kier alpha value is -1.45. The molecule has 1 unspecified atom stereocenters. The third kappa shape index (κ3) is 2.94. The van der Waals surface area contributed by atoms with Crippen LogP contribution >= 0.6 is 0 Å². The highest BCUT2D eigenvalue weighted by Crippen LogP contribution is 2.12. The predicted molar refractivity (Wildman–Crippen MR) is 77.8 cm³/mol. The Labute approximate surface area is 123 Å². The fraction of sp³-hybridized carbons (Fsp3) is 0.667. The van der Waals surface area contributed by atoms with Crippen LogP contribution in [0.2, 0.25) is 0 Å². The SMILES string of the molecule is CN(CC1CCCN1)S(=O)(=O)c1cn(C)c(=O)n(C)c1=O. The summed E-state index contributed by atoms with van der Waals surface area (Å²) in [5.74, 6) is 0. The summed E-state index contributed by atoms with van der Waals surface area (Å²) < 4.78 is 28.1. The molecule has 0 radical (unpaired) electrons. The number of sulfonamides is 1. The summed E-state index contributed by atoms with van der Waals surface area (Å²) in [6.07, 6.45) is 3.00. The van der Waals surface area contributed by atoms with Gasteiger partial charge in [0.15, 0.2) is 4.90 Å². The lowest BCUT2D eigenvalue weighted by Crippen LogP contribution is -2.44. The van der Waals surface area contributed by atoms with Crippen LogP contribution in [0.4, 0.5) is 0 Å². The third-order valence-corrected chi connectivity index (χ3v) is 5.55. The maximum atomic E-state index is 12.5. The van der Waals surface area contributed by atoms with E-state index in [2.05, 4.69) is 5.32 Å². The first-order valence-electron chi connectivity index (χ1n) is 6.71. The molecule has 8 nitrogen and oxygen atoms in total. The normalized spacial score (nSPS) is 19.3. The zero-order valence-electron chi connectivity index (χ0n) is 12.4. The summed E-state index contributed by atoms with van der Waals surface area (Å²) >= 11 is 0. The van der Waals surface area contributed by atoms with Crippen molar-refractivity contribution < 1.29 is 8.42 Å². The average molecular weight is 316 g/mol. The molecule has 0 aromatic carbocycles. The molecule has 1 atom stereocenters. The first-order valence-corrected chi connectivity index (χ1v) is 8.15. The van der Waals surface area contributed by atoms with E-state index in [1.165, 1.54) is 21.1 Å². The molecule has 1 N–H and O–H groups in total. The standard InChI is InChI=1S/C12H20N4O4S/c1-14-8-10(11(17)16(3)12(14)18)21(19,20)15(2)7-9-5-4-6-13-9/h8-9,13H,4-7H2,1-3H3. The third-order valence-electron chi connectivity index (χ3n) is 3.74. The van der Waals surface area contributed by atoms with Gasteiger partial charge in [-0.3, -0.25) is 9.36 Å². The van der Waals surface area contributed by atoms with Crippen LogP contribution in [0.1, 0.15) is 12.8 Å². The summed E-state index contributed by atoms with van der Waals surface area (Å²) in [5, 5.41) is 3.21. The summed E-state index contributed by atoms with van der Waals surface area (Å²) in [6, 6.07) is 0.0983. The van der Waals surface area contributed by atoms with Crippen molar-refractivity contribution in [1.82, 2.24) is 18.8 Å². The molecule has 1 aromatic rings. The van der Waals surface area contributed by atoms with E-state index in [1.807, 2.05) is 0 Å². The van der Waals surface area contributed by atoms with Crippen molar-refractivity contribution >= 4 is 10.0 Å². The van der Waals surface area contributed by atoms with Crippen molar-refractivity contribution in [1.29, 1.82) is 0 Å². The van der Waals surface area contributed by atoms with Gasteiger partial charge >= 0.3 is 5.69 Å². The van der Waals surface area contributed by atoms with E-state index >= 15 is 0 Å². The van der Waals surface area contributed by atoms with Crippen LogP contribution in [0.25, 0.3) is 0 Å². The Morgan fingerprint density at radius 1 is 1.38 bits per heavy atom. The largest absolute Gasteiger partial charge is 0.330 e. The monoisotopic (exact) mass is 316 g/mol. The van der Waals surface area contributed by atoms with Crippen molar-refractivity contribution in [3.8, 4) is 0 Å². The average Bonchev–Trinajstić information content (AvgIpc) is 2.93. The van der Waals surface area contributed by atoms with Crippen molar-refractivity contribution in [2.24, 2.45) is 14.1 Å². The highest BCUT2D eigenvalue weighted by Gasteiger charge is 2.28. The molecule has 1 saturated heterocycles. The van der Waals surface area contributed by atoms with Crippen LogP contribution in [0, 0.1) is 0 Å². The van der Waals surface area contributed by atoms with E-state index in [4.69, 9.17) is 0 Å². The fourth-order valence-corrected chi connectivity index (χ4v) is 3.80. The second kappa shape index (κ2) is 5.74. The van der Waals surface area contributed by atoms with Gasteiger partial charge in [-0.25, -0.2) is 13.2 Å². The molecule has 9 heteroatoms. The summed E-state index contributed by atoms with van der Waals surface area (Å²) in [4.78, 5) is 23.3. The molecule has 0 spiro atoms. The van der Waals surface area contributed by atoms with Gasteiger partial charge in [0.25, 0.3) is 5.56 Å². The van der Waals surface area contributed by atoms with E-state index in [9.17, 15) is 18.0 Å². The molecule has 118 valence electrons. The topological polar surface area (TPSA) is 93.4 Å². The molecule has 1 aliphatic rings. The van der Waals surface area contributed by atoms with Crippen molar-refractivity contribution in [3.63, 3.8) is 0 Å². The first-order chi connectivity index (χ1) is 9.75. The zero-order valence-corrected chi connectivity index (χ0v) is 13.2. The molecule has 0 amide bonds. The van der Waals surface area contributed by atoms with Crippen LogP contribution in [0.5, 0.6) is 0 Å². The van der Waals surface area contributed by atoms with Crippen LogP contribution in [0.3, 0.4) is 0 Å². The van der Waals surface area contributed by atoms with E-state index in [0.29, 0.717) is 6.54 Å². The Balaban J connectivity index is 2.39. The minimum atomic E-state index is -3.92. The molecule has 1 aromatic heterocycles. The molecule has 2 rings (SSSR count). The lowest BCUT2D eigenvalue weighted by molar-refractivity contribution is 0.415. The van der Waals surface area contributed by atoms with Crippen LogP contribution < -0.4 is 16.6 Å². The Bertz CT molecular complexity index is 744. The smallest absolute Gasteiger partial charge is 0.313 e. The predicted octanol–water partition coefficient (Wildman–Crippen LogP) is -1.54. The first kappa shape index (κ1) is 15.9. The van der Waals surface area contributed by atoms with Gasteiger partial charge in [-0.05, 0) is 19.4 Å². The Morgan fingerprint density at radius 2 is 2.05 bits per heavy atom. The van der Waals surface area contributed by atoms with Crippen molar-refractivity contribution in [3.05, 3.63) is 27.0 Å². The molecule has 0 aliphatic carbocycles. The lowest BCUT2D eigenvalue weighted by Gasteiger charge is -2.21. The number of rotatable bonds is 4. The lowest BCUT2D eigenvalue weighted by atomic mass is 10.2. The summed E-state index contributed by atoms with van der Waals surface area (Å²) in [5.41, 5.74) is -1.36.